The maximum atomic E-state index is 12.1. The number of carbonyl (C=O) groups is 1. The molecule has 0 aliphatic carbocycles. The lowest BCUT2D eigenvalue weighted by molar-refractivity contribution is 0.0724. The Morgan fingerprint density at radius 3 is 2.56 bits per heavy atom. The third-order valence-electron chi connectivity index (χ3n) is 2.84. The number of likely N-dealkylation sites (tertiary alicyclic amines) is 1. The Balaban J connectivity index is 2.16. The zero-order valence-corrected chi connectivity index (χ0v) is 10.5. The molecule has 1 aromatic carbocycles. The van der Waals surface area contributed by atoms with Crippen LogP contribution < -0.4 is 0 Å². The summed E-state index contributed by atoms with van der Waals surface area (Å²) in [6.45, 7) is 1.66. The van der Waals surface area contributed by atoms with Crippen molar-refractivity contribution in [1.82, 2.24) is 4.90 Å². The Kier molecular flexibility index (Phi) is 3.49. The molecular formula is C12H14BrNO2. The topological polar surface area (TPSA) is 40.5 Å². The van der Waals surface area contributed by atoms with Crippen LogP contribution in [0, 0.1) is 0 Å². The first-order chi connectivity index (χ1) is 7.68. The van der Waals surface area contributed by atoms with Gasteiger partial charge in [0.1, 0.15) is 5.75 Å². The molecule has 1 fully saturated rings. The molecule has 1 amide bonds. The van der Waals surface area contributed by atoms with Gasteiger partial charge in [-0.3, -0.25) is 4.79 Å². The minimum atomic E-state index is 0.0162. The first-order valence-electron chi connectivity index (χ1n) is 5.46. The minimum absolute atomic E-state index is 0.0162. The van der Waals surface area contributed by atoms with E-state index in [-0.39, 0.29) is 11.7 Å². The van der Waals surface area contributed by atoms with Crippen molar-refractivity contribution in [3.63, 3.8) is 0 Å². The summed E-state index contributed by atoms with van der Waals surface area (Å²) in [4.78, 5) is 13.9. The Labute approximate surface area is 103 Å². The standard InChI is InChI=1S/C12H14BrNO2/c13-10-5-4-9(8-11(10)15)12(16)14-6-2-1-3-7-14/h4-5,8,15H,1-3,6-7H2. The number of phenols is 1. The zero-order chi connectivity index (χ0) is 11.5. The van der Waals surface area contributed by atoms with Crippen molar-refractivity contribution < 1.29 is 9.90 Å². The van der Waals surface area contributed by atoms with Gasteiger partial charge in [0.25, 0.3) is 5.91 Å². The number of benzene rings is 1. The molecular weight excluding hydrogens is 270 g/mol. The molecule has 0 unspecified atom stereocenters. The highest BCUT2D eigenvalue weighted by molar-refractivity contribution is 9.10. The van der Waals surface area contributed by atoms with Gasteiger partial charge in [-0.1, -0.05) is 0 Å². The molecule has 1 aliphatic heterocycles. The van der Waals surface area contributed by atoms with Crippen LogP contribution >= 0.6 is 15.9 Å². The number of piperidine rings is 1. The van der Waals surface area contributed by atoms with E-state index in [0.29, 0.717) is 10.0 Å². The first kappa shape index (κ1) is 11.5. The first-order valence-corrected chi connectivity index (χ1v) is 6.25. The highest BCUT2D eigenvalue weighted by atomic mass is 79.9. The molecule has 1 heterocycles. The van der Waals surface area contributed by atoms with Crippen LogP contribution in [0.2, 0.25) is 0 Å². The predicted molar refractivity (Wildman–Crippen MR) is 65.6 cm³/mol. The SMILES string of the molecule is O=C(c1ccc(Br)c(O)c1)N1CCCCC1. The zero-order valence-electron chi connectivity index (χ0n) is 8.95. The number of phenolic OH excluding ortho intramolecular Hbond substituents is 1. The van der Waals surface area contributed by atoms with Crippen LogP contribution in [0.25, 0.3) is 0 Å². The number of carbonyl (C=O) groups excluding carboxylic acids is 1. The summed E-state index contributed by atoms with van der Waals surface area (Å²) < 4.78 is 0.614. The van der Waals surface area contributed by atoms with Crippen molar-refractivity contribution in [2.75, 3.05) is 13.1 Å². The Hall–Kier alpha value is -1.03. The van der Waals surface area contributed by atoms with Crippen LogP contribution in [0.3, 0.4) is 0 Å². The van der Waals surface area contributed by atoms with E-state index in [1.807, 2.05) is 4.90 Å². The van der Waals surface area contributed by atoms with Crippen LogP contribution in [0.1, 0.15) is 29.6 Å². The summed E-state index contributed by atoms with van der Waals surface area (Å²) in [6, 6.07) is 4.95. The molecule has 0 atom stereocenters. The number of rotatable bonds is 1. The summed E-state index contributed by atoms with van der Waals surface area (Å²) >= 11 is 3.20. The van der Waals surface area contributed by atoms with Gasteiger partial charge >= 0.3 is 0 Å². The number of hydrogen-bond acceptors (Lipinski definition) is 2. The monoisotopic (exact) mass is 283 g/mol. The molecule has 4 heteroatoms. The summed E-state index contributed by atoms with van der Waals surface area (Å²) in [6.07, 6.45) is 3.36. The van der Waals surface area contributed by atoms with Gasteiger partial charge in [-0.05, 0) is 53.4 Å². The summed E-state index contributed by atoms with van der Waals surface area (Å²) in [5, 5.41) is 9.53. The normalized spacial score (nSPS) is 16.2. The average molecular weight is 284 g/mol. The molecule has 1 aromatic rings. The van der Waals surface area contributed by atoms with Crippen molar-refractivity contribution in [2.45, 2.75) is 19.3 Å². The van der Waals surface area contributed by atoms with Crippen LogP contribution in [-0.2, 0) is 0 Å². The van der Waals surface area contributed by atoms with Gasteiger partial charge in [0, 0.05) is 18.7 Å². The van der Waals surface area contributed by atoms with E-state index in [2.05, 4.69) is 15.9 Å². The van der Waals surface area contributed by atoms with E-state index in [1.54, 1.807) is 12.1 Å². The van der Waals surface area contributed by atoms with Crippen molar-refractivity contribution in [2.24, 2.45) is 0 Å². The van der Waals surface area contributed by atoms with Gasteiger partial charge in [0.05, 0.1) is 4.47 Å². The Morgan fingerprint density at radius 1 is 1.25 bits per heavy atom. The lowest BCUT2D eigenvalue weighted by atomic mass is 10.1. The van der Waals surface area contributed by atoms with Crippen molar-refractivity contribution in [3.05, 3.63) is 28.2 Å². The summed E-state index contributed by atoms with van der Waals surface area (Å²) in [7, 11) is 0. The smallest absolute Gasteiger partial charge is 0.253 e. The fourth-order valence-electron chi connectivity index (χ4n) is 1.93. The van der Waals surface area contributed by atoms with Gasteiger partial charge in [-0.15, -0.1) is 0 Å². The predicted octanol–water partition coefficient (Wildman–Crippen LogP) is 2.78. The van der Waals surface area contributed by atoms with Gasteiger partial charge in [0.15, 0.2) is 0 Å². The molecule has 16 heavy (non-hydrogen) atoms. The minimum Gasteiger partial charge on any atom is -0.507 e. The second-order valence-corrected chi connectivity index (χ2v) is 4.87. The van der Waals surface area contributed by atoms with E-state index in [9.17, 15) is 9.90 Å². The van der Waals surface area contributed by atoms with Crippen LogP contribution in [0.15, 0.2) is 22.7 Å². The molecule has 0 saturated carbocycles. The lowest BCUT2D eigenvalue weighted by Gasteiger charge is -2.26. The van der Waals surface area contributed by atoms with Crippen molar-refractivity contribution in [3.8, 4) is 5.75 Å². The lowest BCUT2D eigenvalue weighted by Crippen LogP contribution is -2.35. The van der Waals surface area contributed by atoms with E-state index in [4.69, 9.17) is 0 Å². The molecule has 86 valence electrons. The molecule has 1 N–H and O–H groups in total. The van der Waals surface area contributed by atoms with Gasteiger partial charge in [-0.25, -0.2) is 0 Å². The second kappa shape index (κ2) is 4.87. The van der Waals surface area contributed by atoms with Crippen LogP contribution in [0.5, 0.6) is 5.75 Å². The van der Waals surface area contributed by atoms with E-state index < -0.39 is 0 Å². The molecule has 0 aromatic heterocycles. The molecule has 3 nitrogen and oxygen atoms in total. The number of nitrogens with zero attached hydrogens (tertiary/aromatic N) is 1. The molecule has 0 bridgehead atoms. The third-order valence-corrected chi connectivity index (χ3v) is 3.51. The van der Waals surface area contributed by atoms with Crippen LogP contribution in [0.4, 0.5) is 0 Å². The molecule has 0 radical (unpaired) electrons. The molecule has 1 saturated heterocycles. The number of amides is 1. The second-order valence-electron chi connectivity index (χ2n) is 4.02. The largest absolute Gasteiger partial charge is 0.507 e. The van der Waals surface area contributed by atoms with E-state index >= 15 is 0 Å². The van der Waals surface area contributed by atoms with Gasteiger partial charge < -0.3 is 10.0 Å². The highest BCUT2D eigenvalue weighted by Gasteiger charge is 2.18. The van der Waals surface area contributed by atoms with E-state index in [0.717, 1.165) is 25.9 Å². The fraction of sp³-hybridized carbons (Fsp3) is 0.417. The molecule has 2 rings (SSSR count). The average Bonchev–Trinajstić information content (AvgIpc) is 2.33. The van der Waals surface area contributed by atoms with Crippen LogP contribution in [-0.4, -0.2) is 29.0 Å². The molecule has 1 aliphatic rings. The maximum Gasteiger partial charge on any atom is 0.253 e. The Morgan fingerprint density at radius 2 is 1.94 bits per heavy atom. The van der Waals surface area contributed by atoms with Gasteiger partial charge in [0.2, 0.25) is 0 Å². The highest BCUT2D eigenvalue weighted by Crippen LogP contribution is 2.25. The summed E-state index contributed by atoms with van der Waals surface area (Å²) in [5.41, 5.74) is 0.558. The van der Waals surface area contributed by atoms with Crippen molar-refractivity contribution in [1.29, 1.82) is 0 Å². The van der Waals surface area contributed by atoms with E-state index in [1.165, 1.54) is 12.5 Å². The molecule has 0 spiro atoms. The number of halogens is 1. The van der Waals surface area contributed by atoms with Gasteiger partial charge in [-0.2, -0.15) is 0 Å². The number of aromatic hydroxyl groups is 1. The van der Waals surface area contributed by atoms with Crippen molar-refractivity contribution >= 4 is 21.8 Å². The number of hydrogen-bond donors (Lipinski definition) is 1. The fourth-order valence-corrected chi connectivity index (χ4v) is 2.17. The summed E-state index contributed by atoms with van der Waals surface area (Å²) in [5.74, 6) is 0.130. The third kappa shape index (κ3) is 2.38. The quantitative estimate of drug-likeness (QED) is 0.861. The Bertz CT molecular complexity index is 400. The maximum absolute atomic E-state index is 12.1.